The lowest BCUT2D eigenvalue weighted by Gasteiger charge is -2.23. The summed E-state index contributed by atoms with van der Waals surface area (Å²) >= 11 is 0. The second kappa shape index (κ2) is 2.24. The van der Waals surface area contributed by atoms with Crippen LogP contribution in [0.25, 0.3) is 0 Å². The number of hydrogen-bond donors (Lipinski definition) is 0. The van der Waals surface area contributed by atoms with Gasteiger partial charge >= 0.3 is 0 Å². The maximum atomic E-state index is 2.31. The van der Waals surface area contributed by atoms with Crippen LogP contribution in [0.3, 0.4) is 0 Å². The van der Waals surface area contributed by atoms with Crippen molar-refractivity contribution in [2.45, 2.75) is 6.92 Å². The maximum Gasteiger partial charge on any atom is -0.0142 e. The number of rotatable bonds is 1. The maximum absolute atomic E-state index is 2.31. The van der Waals surface area contributed by atoms with Gasteiger partial charge in [-0.25, -0.2) is 0 Å². The van der Waals surface area contributed by atoms with Gasteiger partial charge in [-0.2, -0.15) is 0 Å². The highest BCUT2D eigenvalue weighted by molar-refractivity contribution is 7.83. The summed E-state index contributed by atoms with van der Waals surface area (Å²) in [5.41, 5.74) is 0. The molecule has 1 fully saturated rings. The van der Waals surface area contributed by atoms with Gasteiger partial charge in [-0.05, 0) is 18.0 Å². The van der Waals surface area contributed by atoms with E-state index in [9.17, 15) is 0 Å². The third-order valence-corrected chi connectivity index (χ3v) is 7.38. The van der Waals surface area contributed by atoms with Crippen LogP contribution < -0.4 is 0 Å². The van der Waals surface area contributed by atoms with Gasteiger partial charge in [-0.1, -0.05) is 14.8 Å². The molecule has 6 heavy (non-hydrogen) atoms. The van der Waals surface area contributed by atoms with Crippen molar-refractivity contribution in [1.29, 1.82) is 0 Å². The smallest absolute Gasteiger partial charge is 0.0142 e. The van der Waals surface area contributed by atoms with Crippen molar-refractivity contribution < 1.29 is 0 Å². The van der Waals surface area contributed by atoms with Gasteiger partial charge < -0.3 is 0 Å². The first kappa shape index (κ1) is 5.01. The largest absolute Gasteiger partial charge is 0.113 e. The molecule has 0 saturated carbocycles. The van der Waals surface area contributed by atoms with Crippen molar-refractivity contribution in [3.05, 3.63) is 0 Å². The average Bonchev–Trinajstić information content (AvgIpc) is 1.31. The van der Waals surface area contributed by atoms with Gasteiger partial charge in [-0.15, -0.1) is 8.58 Å². The summed E-state index contributed by atoms with van der Waals surface area (Å²) in [7, 11) is 1.95. The molecule has 0 atom stereocenters. The Morgan fingerprint density at radius 1 is 1.67 bits per heavy atom. The van der Waals surface area contributed by atoms with Gasteiger partial charge in [0.05, 0.1) is 0 Å². The van der Waals surface area contributed by atoms with E-state index in [0.29, 0.717) is 7.92 Å². The Kier molecular flexibility index (Phi) is 1.87. The van der Waals surface area contributed by atoms with Crippen LogP contribution in [0.2, 0.25) is 0 Å². The number of hydrogen-bond acceptors (Lipinski definition) is 0. The molecular weight excluding hydrogens is 110 g/mol. The van der Waals surface area contributed by atoms with E-state index in [0.717, 1.165) is 0 Å². The topological polar surface area (TPSA) is 0 Å². The predicted molar refractivity (Wildman–Crippen MR) is 35.5 cm³/mol. The van der Waals surface area contributed by atoms with Crippen LogP contribution in [0.15, 0.2) is 0 Å². The van der Waals surface area contributed by atoms with Crippen LogP contribution in [0.1, 0.15) is 6.92 Å². The zero-order valence-electron chi connectivity index (χ0n) is 4.07. The normalized spacial score (nSPS) is 36.5. The Bertz CT molecular complexity index is 38.1. The molecule has 1 saturated heterocycles. The van der Waals surface area contributed by atoms with E-state index >= 15 is 0 Å². The lowest BCUT2D eigenvalue weighted by Crippen LogP contribution is -1.93. The van der Waals surface area contributed by atoms with Gasteiger partial charge in [0.1, 0.15) is 0 Å². The minimum absolute atomic E-state index is 0.617. The van der Waals surface area contributed by atoms with E-state index < -0.39 is 0 Å². The highest BCUT2D eigenvalue weighted by atomic mass is 31.2. The molecule has 0 radical (unpaired) electrons. The molecule has 0 nitrogen and oxygen atoms in total. The fraction of sp³-hybridized carbons (Fsp3) is 1.00. The van der Waals surface area contributed by atoms with Crippen molar-refractivity contribution in [3.63, 3.8) is 0 Å². The van der Waals surface area contributed by atoms with E-state index in [4.69, 9.17) is 0 Å². The van der Waals surface area contributed by atoms with Crippen LogP contribution >= 0.6 is 16.5 Å². The van der Waals surface area contributed by atoms with Crippen LogP contribution in [0, 0.1) is 0 Å². The van der Waals surface area contributed by atoms with E-state index in [-0.39, 0.29) is 0 Å². The summed E-state index contributed by atoms with van der Waals surface area (Å²) in [6.07, 6.45) is 1.49. The Balaban J connectivity index is 2.01. The quantitative estimate of drug-likeness (QED) is 0.465. The van der Waals surface area contributed by atoms with Crippen LogP contribution in [-0.4, -0.2) is 18.0 Å². The lowest BCUT2D eigenvalue weighted by atomic mass is 11.0. The second-order valence-electron chi connectivity index (χ2n) is 1.55. The first-order chi connectivity index (χ1) is 2.93. The fourth-order valence-electron chi connectivity index (χ4n) is 0.494. The van der Waals surface area contributed by atoms with Crippen molar-refractivity contribution in [1.82, 2.24) is 0 Å². The molecule has 1 rings (SSSR count). The molecular formula is C4H10P2. The van der Waals surface area contributed by atoms with Gasteiger partial charge in [0, 0.05) is 0 Å². The standard InChI is InChI=1S/C4H10P2/c1-2-6-3-5-4-6/h5H,2-4H2,1H3. The van der Waals surface area contributed by atoms with Crippen molar-refractivity contribution in [2.75, 3.05) is 18.0 Å². The molecule has 1 aliphatic rings. The first-order valence-electron chi connectivity index (χ1n) is 2.36. The first-order valence-corrected chi connectivity index (χ1v) is 5.67. The molecule has 36 valence electrons. The predicted octanol–water partition coefficient (Wildman–Crippen LogP) is 2.10. The summed E-state index contributed by atoms with van der Waals surface area (Å²) in [6, 6.07) is 0. The minimum atomic E-state index is 0.617. The molecule has 0 aliphatic carbocycles. The van der Waals surface area contributed by atoms with Crippen LogP contribution in [-0.2, 0) is 0 Å². The summed E-state index contributed by atoms with van der Waals surface area (Å²) in [6.45, 7) is 2.31. The zero-order chi connectivity index (χ0) is 4.41. The molecule has 0 aromatic heterocycles. The molecule has 1 heterocycles. The molecule has 0 aromatic carbocycles. The Labute approximate surface area is 42.2 Å². The van der Waals surface area contributed by atoms with Crippen molar-refractivity contribution in [2.24, 2.45) is 0 Å². The van der Waals surface area contributed by atoms with E-state index in [1.165, 1.54) is 14.7 Å². The van der Waals surface area contributed by atoms with Crippen molar-refractivity contribution in [3.8, 4) is 0 Å². The van der Waals surface area contributed by atoms with Gasteiger partial charge in [0.15, 0.2) is 0 Å². The van der Waals surface area contributed by atoms with E-state index in [1.807, 2.05) is 0 Å². The third-order valence-electron chi connectivity index (χ3n) is 1.12. The lowest BCUT2D eigenvalue weighted by molar-refractivity contribution is 1.47. The van der Waals surface area contributed by atoms with Gasteiger partial charge in [0.2, 0.25) is 0 Å². The van der Waals surface area contributed by atoms with Crippen molar-refractivity contribution >= 4 is 16.5 Å². The highest BCUT2D eigenvalue weighted by Gasteiger charge is 2.12. The molecule has 0 spiro atoms. The highest BCUT2D eigenvalue weighted by Crippen LogP contribution is 2.56. The summed E-state index contributed by atoms with van der Waals surface area (Å²) < 4.78 is 0. The zero-order valence-corrected chi connectivity index (χ0v) is 5.96. The third kappa shape index (κ3) is 0.922. The molecule has 0 aromatic rings. The monoisotopic (exact) mass is 120 g/mol. The van der Waals surface area contributed by atoms with Crippen LogP contribution in [0.4, 0.5) is 0 Å². The molecule has 2 heteroatoms. The molecule has 0 N–H and O–H groups in total. The Hall–Kier alpha value is 0.860. The second-order valence-corrected chi connectivity index (χ2v) is 6.56. The Morgan fingerprint density at radius 2 is 2.33 bits per heavy atom. The summed E-state index contributed by atoms with van der Waals surface area (Å²) in [4.78, 5) is 0. The average molecular weight is 120 g/mol. The minimum Gasteiger partial charge on any atom is -0.113 e. The summed E-state index contributed by atoms with van der Waals surface area (Å²) in [5, 5.41) is 0. The fourth-order valence-corrected chi connectivity index (χ4v) is 4.44. The Morgan fingerprint density at radius 3 is 2.33 bits per heavy atom. The van der Waals surface area contributed by atoms with E-state index in [1.54, 1.807) is 11.8 Å². The SMILES string of the molecule is CCP1CPC1. The summed E-state index contributed by atoms with van der Waals surface area (Å²) in [5.74, 6) is 3.21. The molecule has 0 amide bonds. The van der Waals surface area contributed by atoms with Gasteiger partial charge in [-0.3, -0.25) is 0 Å². The van der Waals surface area contributed by atoms with Crippen LogP contribution in [0.5, 0.6) is 0 Å². The molecule has 1 aliphatic heterocycles. The molecule has 0 bridgehead atoms. The van der Waals surface area contributed by atoms with E-state index in [2.05, 4.69) is 6.92 Å². The van der Waals surface area contributed by atoms with Gasteiger partial charge in [0.25, 0.3) is 0 Å². The molecule has 0 unspecified atom stereocenters.